The topological polar surface area (TPSA) is 93.5 Å². The molecule has 0 unspecified atom stereocenters. The molecule has 24 heavy (non-hydrogen) atoms. The molecule has 0 spiro atoms. The first-order valence-corrected chi connectivity index (χ1v) is 7.62. The van der Waals surface area contributed by atoms with Crippen molar-refractivity contribution in [2.75, 3.05) is 18.5 Å². The van der Waals surface area contributed by atoms with Gasteiger partial charge in [-0.15, -0.1) is 0 Å². The van der Waals surface area contributed by atoms with E-state index >= 15 is 0 Å². The molecule has 7 nitrogen and oxygen atoms in total. The number of para-hydroxylation sites is 1. The van der Waals surface area contributed by atoms with Gasteiger partial charge in [-0.1, -0.05) is 18.2 Å². The van der Waals surface area contributed by atoms with Gasteiger partial charge in [0.05, 0.1) is 11.5 Å². The van der Waals surface area contributed by atoms with Gasteiger partial charge in [0.2, 0.25) is 0 Å². The molecule has 2 aromatic rings. The summed E-state index contributed by atoms with van der Waals surface area (Å²) in [7, 11) is 0. The molecule has 0 radical (unpaired) electrons. The monoisotopic (exact) mass is 327 g/mol. The summed E-state index contributed by atoms with van der Waals surface area (Å²) in [5.74, 6) is 1.12. The molecule has 0 aliphatic carbocycles. The van der Waals surface area contributed by atoms with Crippen LogP contribution in [0, 0.1) is 16.0 Å². The van der Waals surface area contributed by atoms with E-state index in [1.165, 1.54) is 24.3 Å². The van der Waals surface area contributed by atoms with Crippen LogP contribution in [0.4, 0.5) is 16.2 Å². The minimum Gasteiger partial charge on any atom is -0.493 e. The predicted molar refractivity (Wildman–Crippen MR) is 89.2 cm³/mol. The summed E-state index contributed by atoms with van der Waals surface area (Å²) >= 11 is 0. The zero-order valence-corrected chi connectivity index (χ0v) is 12.9. The van der Waals surface area contributed by atoms with Crippen molar-refractivity contribution in [3.8, 4) is 5.75 Å². The fraction of sp³-hybridized carbons (Fsp3) is 0.235. The molecule has 0 aromatic heterocycles. The molecule has 0 saturated heterocycles. The molecule has 0 fully saturated rings. The van der Waals surface area contributed by atoms with E-state index in [4.69, 9.17) is 4.74 Å². The third kappa shape index (κ3) is 3.81. The lowest BCUT2D eigenvalue weighted by Crippen LogP contribution is -2.37. The first kappa shape index (κ1) is 15.8. The fourth-order valence-corrected chi connectivity index (χ4v) is 2.60. The Labute approximate surface area is 138 Å². The quantitative estimate of drug-likeness (QED) is 0.667. The van der Waals surface area contributed by atoms with Crippen molar-refractivity contribution in [3.63, 3.8) is 0 Å². The Morgan fingerprint density at radius 1 is 1.21 bits per heavy atom. The predicted octanol–water partition coefficient (Wildman–Crippen LogP) is 2.97. The fourth-order valence-electron chi connectivity index (χ4n) is 2.60. The molecule has 0 saturated carbocycles. The molecule has 1 aliphatic heterocycles. The third-order valence-electron chi connectivity index (χ3n) is 3.84. The Balaban J connectivity index is 1.48. The smallest absolute Gasteiger partial charge is 0.319 e. The van der Waals surface area contributed by atoms with E-state index in [1.807, 2.05) is 24.3 Å². The van der Waals surface area contributed by atoms with Gasteiger partial charge >= 0.3 is 6.03 Å². The number of benzene rings is 2. The Kier molecular flexibility index (Phi) is 4.60. The van der Waals surface area contributed by atoms with Crippen molar-refractivity contribution >= 4 is 17.4 Å². The Morgan fingerprint density at radius 3 is 2.71 bits per heavy atom. The number of carbonyl (C=O) groups is 1. The summed E-state index contributed by atoms with van der Waals surface area (Å²) in [6, 6.07) is 13.2. The Hall–Kier alpha value is -3.09. The third-order valence-corrected chi connectivity index (χ3v) is 3.84. The van der Waals surface area contributed by atoms with Gasteiger partial charge in [0, 0.05) is 30.3 Å². The highest BCUT2D eigenvalue weighted by molar-refractivity contribution is 5.89. The van der Waals surface area contributed by atoms with Crippen LogP contribution in [0.3, 0.4) is 0 Å². The second kappa shape index (κ2) is 6.99. The van der Waals surface area contributed by atoms with Crippen LogP contribution in [0.2, 0.25) is 0 Å². The van der Waals surface area contributed by atoms with Crippen LogP contribution < -0.4 is 15.4 Å². The number of amides is 2. The molecule has 2 aromatic carbocycles. The van der Waals surface area contributed by atoms with E-state index < -0.39 is 4.92 Å². The lowest BCUT2D eigenvalue weighted by molar-refractivity contribution is -0.384. The molecule has 3 rings (SSSR count). The zero-order chi connectivity index (χ0) is 16.9. The number of non-ortho nitro benzene ring substituents is 1. The van der Waals surface area contributed by atoms with Crippen molar-refractivity contribution in [1.29, 1.82) is 0 Å². The lowest BCUT2D eigenvalue weighted by atomic mass is 9.97. The Bertz CT molecular complexity index is 746. The van der Waals surface area contributed by atoms with Crippen molar-refractivity contribution in [2.45, 2.75) is 6.42 Å². The second-order valence-corrected chi connectivity index (χ2v) is 5.63. The Morgan fingerprint density at radius 2 is 1.96 bits per heavy atom. The van der Waals surface area contributed by atoms with Crippen LogP contribution in [0.1, 0.15) is 5.56 Å². The van der Waals surface area contributed by atoms with Crippen molar-refractivity contribution in [1.82, 2.24) is 5.32 Å². The highest BCUT2D eigenvalue weighted by atomic mass is 16.6. The maximum atomic E-state index is 11.9. The normalized spacial score (nSPS) is 15.8. The number of hydrogen-bond acceptors (Lipinski definition) is 4. The van der Waals surface area contributed by atoms with Crippen molar-refractivity contribution < 1.29 is 14.5 Å². The standard InChI is InChI=1S/C17H17N3O4/c21-17(19-14-5-7-15(8-6-14)20(22)23)18-10-12-9-13-3-1-2-4-16(13)24-11-12/h1-8,12H,9-11H2,(H2,18,19,21)/t12-/m1/s1. The molecule has 1 aliphatic rings. The second-order valence-electron chi connectivity index (χ2n) is 5.63. The number of fused-ring (bicyclic) bond motifs is 1. The number of carbonyl (C=O) groups excluding carboxylic acids is 1. The number of anilines is 1. The maximum Gasteiger partial charge on any atom is 0.319 e. The number of nitrogens with one attached hydrogen (secondary N) is 2. The van der Waals surface area contributed by atoms with Gasteiger partial charge in [-0.25, -0.2) is 4.79 Å². The first-order chi connectivity index (χ1) is 11.6. The van der Waals surface area contributed by atoms with Gasteiger partial charge in [-0.05, 0) is 30.2 Å². The van der Waals surface area contributed by atoms with E-state index in [0.29, 0.717) is 18.8 Å². The molecule has 1 heterocycles. The minimum absolute atomic E-state index is 0.0148. The molecule has 1 atom stereocenters. The van der Waals surface area contributed by atoms with E-state index in [9.17, 15) is 14.9 Å². The molecular weight excluding hydrogens is 310 g/mol. The average Bonchev–Trinajstić information content (AvgIpc) is 2.60. The number of nitro benzene ring substituents is 1. The van der Waals surface area contributed by atoms with Gasteiger partial charge in [0.25, 0.3) is 5.69 Å². The van der Waals surface area contributed by atoms with E-state index in [-0.39, 0.29) is 17.6 Å². The number of hydrogen-bond donors (Lipinski definition) is 2. The minimum atomic E-state index is -0.481. The molecule has 7 heteroatoms. The van der Waals surface area contributed by atoms with Gasteiger partial charge in [-0.3, -0.25) is 10.1 Å². The van der Waals surface area contributed by atoms with E-state index in [0.717, 1.165) is 17.7 Å². The number of nitrogens with zero attached hydrogens (tertiary/aromatic N) is 1. The average molecular weight is 327 g/mol. The SMILES string of the molecule is O=C(NC[C@@H]1COc2ccccc2C1)Nc1ccc([N+](=O)[O-])cc1. The van der Waals surface area contributed by atoms with Crippen molar-refractivity contribution in [3.05, 3.63) is 64.2 Å². The zero-order valence-electron chi connectivity index (χ0n) is 12.9. The van der Waals surface area contributed by atoms with E-state index in [1.54, 1.807) is 0 Å². The summed E-state index contributed by atoms with van der Waals surface area (Å²) in [6.07, 6.45) is 0.855. The number of ether oxygens (including phenoxy) is 1. The summed E-state index contributed by atoms with van der Waals surface area (Å²) in [5.41, 5.74) is 1.63. The molecule has 124 valence electrons. The van der Waals surface area contributed by atoms with Crippen molar-refractivity contribution in [2.24, 2.45) is 5.92 Å². The van der Waals surface area contributed by atoms with Crippen LogP contribution in [0.25, 0.3) is 0 Å². The molecule has 2 amide bonds. The van der Waals surface area contributed by atoms with Gasteiger partial charge < -0.3 is 15.4 Å². The van der Waals surface area contributed by atoms with Crippen LogP contribution >= 0.6 is 0 Å². The van der Waals surface area contributed by atoms with Crippen LogP contribution in [-0.2, 0) is 6.42 Å². The number of rotatable bonds is 4. The molecule has 0 bridgehead atoms. The van der Waals surface area contributed by atoms with E-state index in [2.05, 4.69) is 10.6 Å². The number of urea groups is 1. The maximum absolute atomic E-state index is 11.9. The van der Waals surface area contributed by atoms with Gasteiger partial charge in [0.15, 0.2) is 0 Å². The lowest BCUT2D eigenvalue weighted by Gasteiger charge is -2.25. The summed E-state index contributed by atoms with van der Waals surface area (Å²) in [5, 5.41) is 16.1. The molecular formula is C17H17N3O4. The number of nitro groups is 1. The highest BCUT2D eigenvalue weighted by Gasteiger charge is 2.20. The highest BCUT2D eigenvalue weighted by Crippen LogP contribution is 2.26. The van der Waals surface area contributed by atoms with Crippen LogP contribution in [-0.4, -0.2) is 24.1 Å². The summed E-state index contributed by atoms with van der Waals surface area (Å²) in [4.78, 5) is 22.0. The summed E-state index contributed by atoms with van der Waals surface area (Å²) in [6.45, 7) is 1.06. The van der Waals surface area contributed by atoms with Crippen LogP contribution in [0.5, 0.6) is 5.75 Å². The van der Waals surface area contributed by atoms with Gasteiger partial charge in [0.1, 0.15) is 5.75 Å². The van der Waals surface area contributed by atoms with Crippen LogP contribution in [0.15, 0.2) is 48.5 Å². The first-order valence-electron chi connectivity index (χ1n) is 7.62. The largest absolute Gasteiger partial charge is 0.493 e. The summed E-state index contributed by atoms with van der Waals surface area (Å²) < 4.78 is 5.69. The van der Waals surface area contributed by atoms with Gasteiger partial charge in [-0.2, -0.15) is 0 Å². The molecule has 2 N–H and O–H groups in total.